The fourth-order valence-corrected chi connectivity index (χ4v) is 5.23. The highest BCUT2D eigenvalue weighted by Crippen LogP contribution is 2.20. The van der Waals surface area contributed by atoms with Crippen molar-refractivity contribution in [2.24, 2.45) is 0 Å². The van der Waals surface area contributed by atoms with Gasteiger partial charge in [0.25, 0.3) is 15.9 Å². The van der Waals surface area contributed by atoms with Crippen molar-refractivity contribution in [1.82, 2.24) is 10.2 Å². The van der Waals surface area contributed by atoms with E-state index in [0.29, 0.717) is 18.5 Å². The van der Waals surface area contributed by atoms with E-state index < -0.39 is 40.2 Å². The van der Waals surface area contributed by atoms with Crippen LogP contribution in [0.2, 0.25) is 0 Å². The fourth-order valence-electron chi connectivity index (χ4n) is 4.17. The number of ether oxygens (including phenoxy) is 1. The van der Waals surface area contributed by atoms with Crippen molar-refractivity contribution < 1.29 is 31.5 Å². The van der Waals surface area contributed by atoms with E-state index in [4.69, 9.17) is 4.74 Å². The van der Waals surface area contributed by atoms with Crippen LogP contribution in [-0.4, -0.2) is 44.3 Å². The lowest BCUT2D eigenvalue weighted by atomic mass is 10.1. The van der Waals surface area contributed by atoms with E-state index >= 15 is 0 Å². The summed E-state index contributed by atoms with van der Waals surface area (Å²) in [4.78, 5) is 27.6. The Hall–Kier alpha value is -4.77. The average molecular weight is 608 g/mol. The lowest BCUT2D eigenvalue weighted by molar-refractivity contribution is -0.142. The van der Waals surface area contributed by atoms with Crippen molar-refractivity contribution in [3.63, 3.8) is 0 Å². The lowest BCUT2D eigenvalue weighted by Gasteiger charge is -2.28. The molecular formula is C32H31F2N3O5S. The third-order valence-corrected chi connectivity index (χ3v) is 7.98. The van der Waals surface area contributed by atoms with Crippen LogP contribution in [0, 0.1) is 11.6 Å². The number of nitrogens with zero attached hydrogens (tertiary/aromatic N) is 1. The number of benzene rings is 4. The Kier molecular flexibility index (Phi) is 10.4. The zero-order chi connectivity index (χ0) is 30.8. The fraction of sp³-hybridized carbons (Fsp3) is 0.188. The van der Waals surface area contributed by atoms with Gasteiger partial charge in [-0.3, -0.25) is 14.3 Å². The van der Waals surface area contributed by atoms with Crippen molar-refractivity contribution in [3.05, 3.63) is 126 Å². The van der Waals surface area contributed by atoms with Gasteiger partial charge < -0.3 is 15.0 Å². The van der Waals surface area contributed by atoms with Gasteiger partial charge >= 0.3 is 0 Å². The molecule has 0 bridgehead atoms. The van der Waals surface area contributed by atoms with Crippen molar-refractivity contribution in [3.8, 4) is 5.75 Å². The van der Waals surface area contributed by atoms with E-state index in [1.807, 2.05) is 30.3 Å². The van der Waals surface area contributed by atoms with Crippen molar-refractivity contribution in [2.45, 2.75) is 30.8 Å². The summed E-state index contributed by atoms with van der Waals surface area (Å²) in [6, 6.07) is 24.7. The summed E-state index contributed by atoms with van der Waals surface area (Å²) in [5.41, 5.74) is 1.89. The topological polar surface area (TPSA) is 105 Å². The largest absolute Gasteiger partial charge is 0.484 e. The van der Waals surface area contributed by atoms with Gasteiger partial charge in [0.15, 0.2) is 6.61 Å². The predicted octanol–water partition coefficient (Wildman–Crippen LogP) is 4.92. The quantitative estimate of drug-likeness (QED) is 0.225. The van der Waals surface area contributed by atoms with Gasteiger partial charge in [0.2, 0.25) is 5.91 Å². The predicted molar refractivity (Wildman–Crippen MR) is 159 cm³/mol. The summed E-state index contributed by atoms with van der Waals surface area (Å²) in [6.45, 7) is 1.60. The zero-order valence-electron chi connectivity index (χ0n) is 23.4. The molecule has 2 N–H and O–H groups in total. The molecule has 11 heteroatoms. The Morgan fingerprint density at radius 2 is 1.42 bits per heavy atom. The van der Waals surface area contributed by atoms with Crippen molar-refractivity contribution in [2.75, 3.05) is 17.9 Å². The normalized spacial score (nSPS) is 11.8. The number of hydrogen-bond donors (Lipinski definition) is 2. The molecule has 4 rings (SSSR count). The number of halogens is 2. The number of rotatable bonds is 13. The van der Waals surface area contributed by atoms with Crippen LogP contribution in [0.15, 0.2) is 108 Å². The third-order valence-electron chi connectivity index (χ3n) is 6.58. The van der Waals surface area contributed by atoms with Gasteiger partial charge in [0, 0.05) is 18.8 Å². The number of carbonyl (C=O) groups excluding carboxylic acids is 2. The second kappa shape index (κ2) is 14.4. The van der Waals surface area contributed by atoms with E-state index in [2.05, 4.69) is 10.0 Å². The first-order chi connectivity index (χ1) is 20.6. The molecule has 4 aromatic rings. The molecule has 224 valence electrons. The first-order valence-corrected chi connectivity index (χ1v) is 15.0. The molecule has 0 unspecified atom stereocenters. The minimum absolute atomic E-state index is 0.0436. The summed E-state index contributed by atoms with van der Waals surface area (Å²) in [5.74, 6) is -1.53. The molecule has 8 nitrogen and oxygen atoms in total. The van der Waals surface area contributed by atoms with E-state index in [1.165, 1.54) is 65.6 Å². The van der Waals surface area contributed by atoms with Crippen LogP contribution in [0.3, 0.4) is 0 Å². The van der Waals surface area contributed by atoms with Gasteiger partial charge in [-0.25, -0.2) is 17.2 Å². The monoisotopic (exact) mass is 607 g/mol. The second-order valence-corrected chi connectivity index (χ2v) is 11.4. The van der Waals surface area contributed by atoms with Gasteiger partial charge in [-0.2, -0.15) is 0 Å². The number of carbonyl (C=O) groups is 2. The summed E-state index contributed by atoms with van der Waals surface area (Å²) < 4.78 is 59.9. The molecule has 0 aliphatic rings. The highest BCUT2D eigenvalue weighted by atomic mass is 32.2. The Labute approximate surface area is 249 Å². The third kappa shape index (κ3) is 9.11. The number of hydrogen-bond acceptors (Lipinski definition) is 5. The zero-order valence-corrected chi connectivity index (χ0v) is 24.2. The Morgan fingerprint density at radius 3 is 2.05 bits per heavy atom. The standard InChI is InChI=1S/C32H31F2N3O5S/c1-23(32(39)35-20-19-24-5-3-2-4-6-24)37(21-25-7-9-26(33)10-8-25)31(38)22-42-29-15-17-30(18-16-29)43(40,41)36-28-13-11-27(34)12-14-28/h2-18,23,36H,19-22H2,1H3,(H,35,39)/t23-/m1/s1. The van der Waals surface area contributed by atoms with Crippen LogP contribution in [-0.2, 0) is 32.6 Å². The van der Waals surface area contributed by atoms with Crippen LogP contribution < -0.4 is 14.8 Å². The molecule has 4 aromatic carbocycles. The average Bonchev–Trinajstić information content (AvgIpc) is 3.01. The highest BCUT2D eigenvalue weighted by molar-refractivity contribution is 7.92. The maximum atomic E-state index is 13.5. The summed E-state index contributed by atoms with van der Waals surface area (Å²) >= 11 is 0. The molecule has 2 amide bonds. The molecule has 1 atom stereocenters. The van der Waals surface area contributed by atoms with Crippen LogP contribution in [0.5, 0.6) is 5.75 Å². The minimum atomic E-state index is -3.95. The van der Waals surface area contributed by atoms with Crippen LogP contribution in [0.4, 0.5) is 14.5 Å². The maximum Gasteiger partial charge on any atom is 0.261 e. The molecule has 0 aliphatic carbocycles. The Balaban J connectivity index is 1.39. The van der Waals surface area contributed by atoms with Gasteiger partial charge in [-0.05, 0) is 85.1 Å². The minimum Gasteiger partial charge on any atom is -0.484 e. The molecule has 0 saturated heterocycles. The van der Waals surface area contributed by atoms with Gasteiger partial charge in [0.1, 0.15) is 23.4 Å². The molecule has 0 radical (unpaired) electrons. The summed E-state index contributed by atoms with van der Waals surface area (Å²) in [5, 5.41) is 2.86. The van der Waals surface area contributed by atoms with Gasteiger partial charge in [-0.1, -0.05) is 42.5 Å². The molecule has 43 heavy (non-hydrogen) atoms. The van der Waals surface area contributed by atoms with E-state index in [9.17, 15) is 26.8 Å². The van der Waals surface area contributed by atoms with E-state index in [1.54, 1.807) is 6.92 Å². The van der Waals surface area contributed by atoms with Crippen LogP contribution in [0.1, 0.15) is 18.1 Å². The molecule has 0 aromatic heterocycles. The Morgan fingerprint density at radius 1 is 0.814 bits per heavy atom. The molecule has 0 aliphatic heterocycles. The smallest absolute Gasteiger partial charge is 0.261 e. The molecule has 0 saturated carbocycles. The SMILES string of the molecule is C[C@H](C(=O)NCCc1ccccc1)N(Cc1ccc(F)cc1)C(=O)COc1ccc(S(=O)(=O)Nc2ccc(F)cc2)cc1. The molecule has 0 fully saturated rings. The summed E-state index contributed by atoms with van der Waals surface area (Å²) in [7, 11) is -3.95. The second-order valence-electron chi connectivity index (χ2n) is 9.72. The van der Waals surface area contributed by atoms with Crippen LogP contribution in [0.25, 0.3) is 0 Å². The molecule has 0 heterocycles. The Bertz CT molecular complexity index is 1620. The highest BCUT2D eigenvalue weighted by Gasteiger charge is 2.26. The van der Waals surface area contributed by atoms with Crippen molar-refractivity contribution in [1.29, 1.82) is 0 Å². The number of sulfonamides is 1. The van der Waals surface area contributed by atoms with E-state index in [-0.39, 0.29) is 28.8 Å². The number of nitrogens with one attached hydrogen (secondary N) is 2. The first kappa shape index (κ1) is 31.2. The molecular weight excluding hydrogens is 576 g/mol. The summed E-state index contributed by atoms with van der Waals surface area (Å²) in [6.07, 6.45) is 0.624. The lowest BCUT2D eigenvalue weighted by Crippen LogP contribution is -2.49. The number of anilines is 1. The first-order valence-electron chi connectivity index (χ1n) is 13.5. The number of amides is 2. The van der Waals surface area contributed by atoms with Crippen molar-refractivity contribution >= 4 is 27.5 Å². The van der Waals surface area contributed by atoms with Crippen LogP contribution >= 0.6 is 0 Å². The van der Waals surface area contributed by atoms with Gasteiger partial charge in [-0.15, -0.1) is 0 Å². The van der Waals surface area contributed by atoms with Gasteiger partial charge in [0.05, 0.1) is 4.90 Å². The van der Waals surface area contributed by atoms with E-state index in [0.717, 1.165) is 17.7 Å². The maximum absolute atomic E-state index is 13.5. The molecule has 0 spiro atoms.